The molecule has 27 heavy (non-hydrogen) atoms. The molecule has 1 aromatic heterocycles. The molecule has 1 aromatic carbocycles. The lowest BCUT2D eigenvalue weighted by Crippen LogP contribution is -2.34. The highest BCUT2D eigenvalue weighted by Gasteiger charge is 2.60. The van der Waals surface area contributed by atoms with Crippen molar-refractivity contribution in [3.8, 4) is 5.75 Å². The molecule has 2 aromatic rings. The Morgan fingerprint density at radius 1 is 1.22 bits per heavy atom. The Hall–Kier alpha value is -3.27. The van der Waals surface area contributed by atoms with E-state index in [-0.39, 0.29) is 17.5 Å². The molecule has 12 heteroatoms. The van der Waals surface area contributed by atoms with Crippen LogP contribution in [0.15, 0.2) is 24.4 Å². The van der Waals surface area contributed by atoms with Gasteiger partial charge in [0.05, 0.1) is 5.56 Å². The molecule has 0 fully saturated rings. The lowest BCUT2D eigenvalue weighted by Gasteiger charge is -2.16. The number of para-hydroxylation sites is 1. The summed E-state index contributed by atoms with van der Waals surface area (Å²) in [6, 6.07) is 4.28. The molecule has 0 spiro atoms. The first-order chi connectivity index (χ1) is 12.4. The lowest BCUT2D eigenvalue weighted by atomic mass is 10.1. The van der Waals surface area contributed by atoms with Gasteiger partial charge in [-0.25, -0.2) is 4.98 Å². The number of amides is 1. The molecule has 2 N–H and O–H groups in total. The molecule has 0 unspecified atom stereocenters. The van der Waals surface area contributed by atoms with Gasteiger partial charge in [-0.05, 0) is 18.6 Å². The van der Waals surface area contributed by atoms with Crippen molar-refractivity contribution in [2.45, 2.75) is 19.0 Å². The smallest absolute Gasteiger partial charge is 0.459 e. The second-order valence-corrected chi connectivity index (χ2v) is 5.14. The van der Waals surface area contributed by atoms with E-state index in [0.29, 0.717) is 11.8 Å². The van der Waals surface area contributed by atoms with Crippen molar-refractivity contribution in [1.29, 1.82) is 0 Å². The van der Waals surface area contributed by atoms with Crippen molar-refractivity contribution in [2.24, 2.45) is 7.05 Å². The molecule has 2 rings (SSSR count). The predicted molar refractivity (Wildman–Crippen MR) is 79.0 cm³/mol. The number of nitrogens with one attached hydrogen (secondary N) is 1. The van der Waals surface area contributed by atoms with Crippen LogP contribution in [0.4, 0.5) is 27.9 Å². The van der Waals surface area contributed by atoms with Crippen LogP contribution in [0.1, 0.15) is 21.6 Å². The van der Waals surface area contributed by atoms with Gasteiger partial charge in [-0.2, -0.15) is 31.5 Å². The minimum atomic E-state index is -5.81. The van der Waals surface area contributed by atoms with Gasteiger partial charge >= 0.3 is 18.3 Å². The van der Waals surface area contributed by atoms with Gasteiger partial charge in [0.15, 0.2) is 0 Å². The highest BCUT2D eigenvalue weighted by molar-refractivity contribution is 6.05. The second kappa shape index (κ2) is 7.96. The molecule has 0 bridgehead atoms. The molecule has 0 aliphatic carbocycles. The number of hydrogen-bond donors (Lipinski definition) is 2. The normalized spacial score (nSPS) is 11.2. The van der Waals surface area contributed by atoms with E-state index in [4.69, 9.17) is 9.59 Å². The number of aryl methyl sites for hydroxylation is 2. The summed E-state index contributed by atoms with van der Waals surface area (Å²) < 4.78 is 64.5. The number of phenolic OH excluding ortho intramolecular Hbond substituents is 1. The lowest BCUT2D eigenvalue weighted by molar-refractivity contribution is -0.290. The molecule has 0 atom stereocenters. The van der Waals surface area contributed by atoms with E-state index in [2.05, 4.69) is 10.3 Å². The van der Waals surface area contributed by atoms with Crippen LogP contribution in [0.5, 0.6) is 5.75 Å². The third-order valence-electron chi connectivity index (χ3n) is 3.26. The van der Waals surface area contributed by atoms with Gasteiger partial charge in [0.2, 0.25) is 5.95 Å². The van der Waals surface area contributed by atoms with Crippen molar-refractivity contribution < 1.29 is 41.4 Å². The van der Waals surface area contributed by atoms with E-state index in [9.17, 15) is 31.9 Å². The van der Waals surface area contributed by atoms with Crippen LogP contribution in [-0.4, -0.2) is 32.9 Å². The van der Waals surface area contributed by atoms with E-state index in [0.717, 1.165) is 11.6 Å². The minimum Gasteiger partial charge on any atom is -0.507 e. The highest BCUT2D eigenvalue weighted by atomic mass is 19.4. The third-order valence-corrected chi connectivity index (χ3v) is 3.26. The van der Waals surface area contributed by atoms with Crippen LogP contribution in [0.3, 0.4) is 0 Å². The largest absolute Gasteiger partial charge is 0.507 e. The Morgan fingerprint density at radius 3 is 2.30 bits per heavy atom. The zero-order valence-electron chi connectivity index (χ0n) is 13.8. The summed E-state index contributed by atoms with van der Waals surface area (Å²) in [7, 11) is 1.15. The summed E-state index contributed by atoms with van der Waals surface area (Å²) in [5.74, 6) is -6.89. The Kier molecular flexibility index (Phi) is 6.42. The Labute approximate surface area is 148 Å². The van der Waals surface area contributed by atoms with E-state index in [1.807, 2.05) is 0 Å². The van der Waals surface area contributed by atoms with Crippen LogP contribution < -0.4 is 5.32 Å². The number of halogens is 5. The first kappa shape index (κ1) is 21.8. The quantitative estimate of drug-likeness (QED) is 0.781. The Balaban J connectivity index is 0.00000114. The number of benzene rings is 1. The first-order valence-corrected chi connectivity index (χ1v) is 6.94. The van der Waals surface area contributed by atoms with E-state index >= 15 is 0 Å². The van der Waals surface area contributed by atoms with Crippen molar-refractivity contribution in [3.63, 3.8) is 0 Å². The van der Waals surface area contributed by atoms with Crippen molar-refractivity contribution >= 4 is 18.0 Å². The van der Waals surface area contributed by atoms with Crippen LogP contribution in [-0.2, 0) is 22.6 Å². The van der Waals surface area contributed by atoms with Gasteiger partial charge in [0.25, 0.3) is 5.91 Å². The van der Waals surface area contributed by atoms with Gasteiger partial charge in [0, 0.05) is 13.2 Å². The Morgan fingerprint density at radius 2 is 1.78 bits per heavy atom. The Bertz CT molecular complexity index is 871. The van der Waals surface area contributed by atoms with E-state index in [1.165, 1.54) is 25.1 Å². The summed E-state index contributed by atoms with van der Waals surface area (Å²) in [5, 5.41) is 11.9. The number of aromatic hydroxyl groups is 1. The summed E-state index contributed by atoms with van der Waals surface area (Å²) in [4.78, 5) is 31.5. The number of aromatic nitrogens is 2. The van der Waals surface area contributed by atoms with Gasteiger partial charge in [-0.1, -0.05) is 12.1 Å². The summed E-state index contributed by atoms with van der Waals surface area (Å²) in [6.45, 7) is 1.54. The number of carbonyl (C=O) groups excluding carboxylic acids is 3. The first-order valence-electron chi connectivity index (χ1n) is 6.94. The average Bonchev–Trinajstić information content (AvgIpc) is 2.91. The number of phenols is 1. The maximum Gasteiger partial charge on any atom is 0.459 e. The molecule has 0 saturated heterocycles. The van der Waals surface area contributed by atoms with Crippen molar-refractivity contribution in [2.75, 3.05) is 5.32 Å². The fourth-order valence-electron chi connectivity index (χ4n) is 1.89. The van der Waals surface area contributed by atoms with Crippen LogP contribution >= 0.6 is 0 Å². The molecule has 0 radical (unpaired) electrons. The number of alkyl halides is 5. The maximum atomic E-state index is 13.3. The summed E-state index contributed by atoms with van der Waals surface area (Å²) in [6.07, 6.45) is -5.09. The highest BCUT2D eigenvalue weighted by Crippen LogP contribution is 2.43. The monoisotopic (exact) mass is 393 g/mol. The van der Waals surface area contributed by atoms with Gasteiger partial charge < -0.3 is 9.67 Å². The van der Waals surface area contributed by atoms with Crippen molar-refractivity contribution in [3.05, 3.63) is 41.2 Å². The van der Waals surface area contributed by atoms with Gasteiger partial charge in [-0.3, -0.25) is 10.1 Å². The van der Waals surface area contributed by atoms with Crippen LogP contribution in [0.25, 0.3) is 0 Å². The van der Waals surface area contributed by atoms with Crippen LogP contribution in [0.2, 0.25) is 0 Å². The number of anilines is 1. The zero-order valence-corrected chi connectivity index (χ0v) is 13.8. The molecule has 146 valence electrons. The number of nitrogens with zero attached hydrogens (tertiary/aromatic N) is 2. The summed E-state index contributed by atoms with van der Waals surface area (Å²) >= 11 is 0. The molecule has 1 heterocycles. The third kappa shape index (κ3) is 4.67. The maximum absolute atomic E-state index is 13.3. The van der Waals surface area contributed by atoms with Gasteiger partial charge in [-0.15, -0.1) is 0 Å². The molecular weight excluding hydrogens is 381 g/mol. The number of rotatable bonds is 3. The second-order valence-electron chi connectivity index (χ2n) is 5.14. The molecule has 0 saturated carbocycles. The molecular formula is C15H12F5N3O4. The van der Waals surface area contributed by atoms with E-state index < -0.39 is 29.6 Å². The zero-order chi connectivity index (χ0) is 21.0. The molecule has 0 aliphatic heterocycles. The molecule has 0 aliphatic rings. The topological polar surface area (TPSA) is 101 Å². The minimum absolute atomic E-state index is 0.165. The number of imidazole rings is 1. The van der Waals surface area contributed by atoms with Crippen LogP contribution in [0, 0.1) is 6.92 Å². The molecule has 7 nitrogen and oxygen atoms in total. The summed E-state index contributed by atoms with van der Waals surface area (Å²) in [5.41, 5.74) is -1.31. The predicted octanol–water partition coefficient (Wildman–Crippen LogP) is 2.76. The SMILES string of the molecule is Cc1cccc(C(=O)Nc2nc(C(F)(F)C(F)(F)F)cn2C)c1O.O=C=O. The average molecular weight is 393 g/mol. The number of hydrogen-bond acceptors (Lipinski definition) is 5. The standard InChI is InChI=1S/C14H12F5N3O2.CO2/c1-7-4-3-5-8(10(7)23)11(24)21-12-20-9(6-22(12)2)13(15,16)14(17,18)19;2-1-3/h3-6,23H,1-2H3,(H,20,21,24);. The molecule has 1 amide bonds. The van der Waals surface area contributed by atoms with E-state index in [1.54, 1.807) is 0 Å². The number of carbonyl (C=O) groups is 1. The van der Waals surface area contributed by atoms with Crippen molar-refractivity contribution in [1.82, 2.24) is 9.55 Å². The van der Waals surface area contributed by atoms with Gasteiger partial charge in [0.1, 0.15) is 11.4 Å². The fraction of sp³-hybridized carbons (Fsp3) is 0.267. The fourth-order valence-corrected chi connectivity index (χ4v) is 1.89.